The van der Waals surface area contributed by atoms with Crippen molar-refractivity contribution >= 4 is 11.7 Å². The number of nitrogens with one attached hydrogen (secondary N) is 2. The van der Waals surface area contributed by atoms with Crippen molar-refractivity contribution in [1.29, 1.82) is 0 Å². The van der Waals surface area contributed by atoms with Crippen LogP contribution in [0.25, 0.3) is 0 Å². The third-order valence-corrected chi connectivity index (χ3v) is 1.04. The van der Waals surface area contributed by atoms with E-state index in [2.05, 4.69) is 4.99 Å². The largest absolute Gasteiger partial charge is 0.472 e. The molecule has 1 amide bonds. The van der Waals surface area contributed by atoms with Crippen molar-refractivity contribution in [1.82, 2.24) is 10.9 Å². The molecule has 0 rings (SSSR count). The summed E-state index contributed by atoms with van der Waals surface area (Å²) in [6.45, 7) is 0. The van der Waals surface area contributed by atoms with Crippen LogP contribution in [-0.4, -0.2) is 31.1 Å². The average molecular weight is 237 g/mol. The molecule has 0 aromatic heterocycles. The zero-order valence-corrected chi connectivity index (χ0v) is 7.12. The lowest BCUT2D eigenvalue weighted by atomic mass is 10.6. The molecule has 88 valence electrons. The maximum atomic E-state index is 11.8. The van der Waals surface area contributed by atoms with E-state index in [4.69, 9.17) is 0 Å². The van der Waals surface area contributed by atoms with Gasteiger partial charge in [-0.15, -0.1) is 0 Å². The third kappa shape index (κ3) is 4.51. The molecule has 0 unspecified atom stereocenters. The number of alkyl halides is 6. The predicted octanol–water partition coefficient (Wildman–Crippen LogP) is 0.760. The van der Waals surface area contributed by atoms with Gasteiger partial charge in [0.15, 0.2) is 0 Å². The summed E-state index contributed by atoms with van der Waals surface area (Å²) in [5.74, 6) is -4.28. The molecule has 2 N–H and O–H groups in total. The molecule has 0 aliphatic rings. The number of hydrogen-bond donors (Lipinski definition) is 2. The van der Waals surface area contributed by atoms with Gasteiger partial charge >= 0.3 is 18.3 Å². The molecule has 0 aromatic rings. The number of carbonyl (C=O) groups is 1. The van der Waals surface area contributed by atoms with E-state index in [-0.39, 0.29) is 0 Å². The van der Waals surface area contributed by atoms with Crippen LogP contribution in [0.3, 0.4) is 0 Å². The van der Waals surface area contributed by atoms with Crippen LogP contribution in [-0.2, 0) is 4.79 Å². The summed E-state index contributed by atoms with van der Waals surface area (Å²) < 4.78 is 70.1. The number of rotatable bonds is 0. The van der Waals surface area contributed by atoms with Crippen LogP contribution in [0.4, 0.5) is 26.3 Å². The lowest BCUT2D eigenvalue weighted by Gasteiger charge is -2.13. The Hall–Kier alpha value is -1.48. The van der Waals surface area contributed by atoms with E-state index in [0.29, 0.717) is 7.05 Å². The number of carbonyl (C=O) groups excluding carboxylic acids is 1. The minimum absolute atomic E-state index is 0.704. The SMILES string of the molecule is CN=C(NNC(=O)C(F)(F)F)C(F)(F)F. The summed E-state index contributed by atoms with van der Waals surface area (Å²) in [7, 11) is 0.704. The molecule has 0 aromatic carbocycles. The predicted molar refractivity (Wildman–Crippen MR) is 36.7 cm³/mol. The first-order valence-corrected chi connectivity index (χ1v) is 3.26. The van der Waals surface area contributed by atoms with E-state index in [9.17, 15) is 31.1 Å². The summed E-state index contributed by atoms with van der Waals surface area (Å²) in [6.07, 6.45) is -10.2. The van der Waals surface area contributed by atoms with Gasteiger partial charge in [0.1, 0.15) is 0 Å². The molecule has 0 radical (unpaired) electrons. The second-order valence-corrected chi connectivity index (χ2v) is 2.15. The van der Waals surface area contributed by atoms with E-state index in [0.717, 1.165) is 10.9 Å². The summed E-state index contributed by atoms with van der Waals surface area (Å²) in [5.41, 5.74) is 1.84. The number of amidine groups is 1. The normalized spacial score (nSPS) is 13.7. The maximum Gasteiger partial charge on any atom is 0.472 e. The zero-order valence-electron chi connectivity index (χ0n) is 7.12. The first kappa shape index (κ1) is 13.5. The van der Waals surface area contributed by atoms with Gasteiger partial charge in [0, 0.05) is 7.05 Å². The summed E-state index contributed by atoms with van der Waals surface area (Å²) in [6, 6.07) is 0. The smallest absolute Gasteiger partial charge is 0.278 e. The minimum atomic E-state index is -5.27. The van der Waals surface area contributed by atoms with Gasteiger partial charge < -0.3 is 0 Å². The molecule has 0 saturated carbocycles. The van der Waals surface area contributed by atoms with Crippen LogP contribution >= 0.6 is 0 Å². The number of hydrazine groups is 1. The van der Waals surface area contributed by atoms with Crippen molar-refractivity contribution in [3.05, 3.63) is 0 Å². The quantitative estimate of drug-likeness (QED) is 0.283. The molecule has 0 heterocycles. The van der Waals surface area contributed by atoms with E-state index in [1.165, 1.54) is 0 Å². The first-order chi connectivity index (χ1) is 6.59. The second-order valence-electron chi connectivity index (χ2n) is 2.15. The van der Waals surface area contributed by atoms with Crippen LogP contribution in [0, 0.1) is 0 Å². The highest BCUT2D eigenvalue weighted by Gasteiger charge is 2.41. The van der Waals surface area contributed by atoms with Crippen molar-refractivity contribution in [2.45, 2.75) is 12.4 Å². The fourth-order valence-electron chi connectivity index (χ4n) is 0.440. The summed E-state index contributed by atoms with van der Waals surface area (Å²) in [5, 5.41) is 0. The van der Waals surface area contributed by atoms with Crippen molar-refractivity contribution in [3.8, 4) is 0 Å². The molecule has 0 bridgehead atoms. The molecule has 0 saturated heterocycles. The molecule has 10 heteroatoms. The Morgan fingerprint density at radius 3 is 1.73 bits per heavy atom. The number of hydrogen-bond acceptors (Lipinski definition) is 2. The van der Waals surface area contributed by atoms with Gasteiger partial charge in [0.05, 0.1) is 0 Å². The van der Waals surface area contributed by atoms with Gasteiger partial charge in [-0.25, -0.2) is 0 Å². The third-order valence-electron chi connectivity index (χ3n) is 1.04. The highest BCUT2D eigenvalue weighted by Crippen LogP contribution is 2.16. The van der Waals surface area contributed by atoms with Crippen LogP contribution in [0.1, 0.15) is 0 Å². The van der Waals surface area contributed by atoms with E-state index in [1.54, 1.807) is 0 Å². The molecule has 4 nitrogen and oxygen atoms in total. The van der Waals surface area contributed by atoms with E-state index < -0.39 is 24.1 Å². The molecule has 0 aliphatic heterocycles. The maximum absolute atomic E-state index is 11.8. The van der Waals surface area contributed by atoms with Crippen LogP contribution in [0.2, 0.25) is 0 Å². The Labute approximate surface area is 79.3 Å². The highest BCUT2D eigenvalue weighted by atomic mass is 19.4. The summed E-state index contributed by atoms with van der Waals surface area (Å²) in [4.78, 5) is 12.7. The van der Waals surface area contributed by atoms with Crippen molar-refractivity contribution in [2.24, 2.45) is 4.99 Å². The van der Waals surface area contributed by atoms with Gasteiger partial charge in [0.25, 0.3) is 0 Å². The minimum Gasteiger partial charge on any atom is -0.278 e. The Balaban J connectivity index is 4.35. The average Bonchev–Trinajstić information content (AvgIpc) is 2.00. The van der Waals surface area contributed by atoms with Gasteiger partial charge in [-0.3, -0.25) is 20.6 Å². The zero-order chi connectivity index (χ0) is 12.3. The summed E-state index contributed by atoms with van der Waals surface area (Å²) >= 11 is 0. The number of aliphatic imine (C=N–C) groups is 1. The van der Waals surface area contributed by atoms with Gasteiger partial charge in [-0.05, 0) is 0 Å². The Bertz CT molecular complexity index is 267. The Morgan fingerprint density at radius 1 is 1.00 bits per heavy atom. The fraction of sp³-hybridized carbons (Fsp3) is 0.600. The van der Waals surface area contributed by atoms with Crippen LogP contribution in [0.15, 0.2) is 4.99 Å². The fourth-order valence-corrected chi connectivity index (χ4v) is 0.440. The lowest BCUT2D eigenvalue weighted by Crippen LogP contribution is -2.51. The highest BCUT2D eigenvalue weighted by molar-refractivity contribution is 5.90. The van der Waals surface area contributed by atoms with Gasteiger partial charge in [-0.2, -0.15) is 26.3 Å². The van der Waals surface area contributed by atoms with Crippen molar-refractivity contribution < 1.29 is 31.1 Å². The molecule has 0 spiro atoms. The van der Waals surface area contributed by atoms with E-state index >= 15 is 0 Å². The molecule has 0 aliphatic carbocycles. The van der Waals surface area contributed by atoms with Crippen LogP contribution in [0.5, 0.6) is 0 Å². The monoisotopic (exact) mass is 237 g/mol. The number of halogens is 6. The molecule has 15 heavy (non-hydrogen) atoms. The molecule has 0 fully saturated rings. The number of amides is 1. The van der Waals surface area contributed by atoms with Gasteiger partial charge in [0.2, 0.25) is 5.84 Å². The molecular weight excluding hydrogens is 232 g/mol. The van der Waals surface area contributed by atoms with Crippen LogP contribution < -0.4 is 10.9 Å². The van der Waals surface area contributed by atoms with Crippen molar-refractivity contribution in [3.63, 3.8) is 0 Å². The number of nitrogens with zero attached hydrogens (tertiary/aromatic N) is 1. The standard InChI is InChI=1S/C5H5F6N3O/c1-12-2(4(6,7)8)13-14-3(15)5(9,10)11/h1H3,(H,12,13)(H,14,15). The van der Waals surface area contributed by atoms with E-state index in [1.807, 2.05) is 0 Å². The molecular formula is C5H5F6N3O. The molecule has 0 atom stereocenters. The topological polar surface area (TPSA) is 53.5 Å². The Morgan fingerprint density at radius 2 is 1.47 bits per heavy atom. The Kier molecular flexibility index (Phi) is 3.93. The first-order valence-electron chi connectivity index (χ1n) is 3.26. The van der Waals surface area contributed by atoms with Crippen molar-refractivity contribution in [2.75, 3.05) is 7.05 Å². The van der Waals surface area contributed by atoms with Gasteiger partial charge in [-0.1, -0.05) is 0 Å². The second kappa shape index (κ2) is 4.36. The lowest BCUT2D eigenvalue weighted by molar-refractivity contribution is -0.174.